The number of hydrogen-bond acceptors (Lipinski definition) is 7. The second-order valence-electron chi connectivity index (χ2n) is 7.04. The van der Waals surface area contributed by atoms with E-state index >= 15 is 0 Å². The van der Waals surface area contributed by atoms with E-state index in [-0.39, 0.29) is 6.04 Å². The van der Waals surface area contributed by atoms with Gasteiger partial charge in [-0.25, -0.2) is 9.97 Å². The molecule has 0 bridgehead atoms. The zero-order valence-electron chi connectivity index (χ0n) is 15.3. The molecule has 1 aliphatic heterocycles. The zero-order valence-corrected chi connectivity index (χ0v) is 16.1. The summed E-state index contributed by atoms with van der Waals surface area (Å²) in [6, 6.07) is 9.43. The molecule has 5 rings (SSSR count). The van der Waals surface area contributed by atoms with Crippen molar-refractivity contribution in [2.24, 2.45) is 0 Å². The lowest BCUT2D eigenvalue weighted by Gasteiger charge is -2.08. The number of carboxylic acid groups (broad SMARTS) is 1. The number of carbonyl (C=O) groups is 1. The van der Waals surface area contributed by atoms with E-state index in [0.29, 0.717) is 18.8 Å². The molecular weight excluding hydrogens is 388 g/mol. The van der Waals surface area contributed by atoms with E-state index in [1.54, 1.807) is 23.7 Å². The first-order valence-corrected chi connectivity index (χ1v) is 10.0. The van der Waals surface area contributed by atoms with E-state index in [2.05, 4.69) is 20.4 Å². The number of thiazole rings is 1. The Morgan fingerprint density at radius 3 is 2.93 bits per heavy atom. The van der Waals surface area contributed by atoms with Crippen LogP contribution in [0.5, 0.6) is 0 Å². The van der Waals surface area contributed by atoms with Crippen LogP contribution in [-0.2, 0) is 4.79 Å². The van der Waals surface area contributed by atoms with Gasteiger partial charge in [-0.2, -0.15) is 5.10 Å². The molecule has 9 heteroatoms. The summed E-state index contributed by atoms with van der Waals surface area (Å²) in [6.07, 6.45) is 5.92. The maximum absolute atomic E-state index is 11.2. The summed E-state index contributed by atoms with van der Waals surface area (Å²) in [5, 5.41) is 17.4. The summed E-state index contributed by atoms with van der Waals surface area (Å²) < 4.78 is 2.92. The maximum Gasteiger partial charge on any atom is 0.320 e. The topological polar surface area (TPSA) is 119 Å². The molecule has 1 aliphatic rings. The molecule has 4 aromatic rings. The molecule has 0 aliphatic carbocycles. The van der Waals surface area contributed by atoms with Crippen molar-refractivity contribution >= 4 is 33.3 Å². The minimum absolute atomic E-state index is 0.00956. The van der Waals surface area contributed by atoms with Gasteiger partial charge in [0.15, 0.2) is 0 Å². The molecule has 2 atom stereocenters. The maximum atomic E-state index is 11.2. The highest BCUT2D eigenvalue weighted by Crippen LogP contribution is 2.35. The fourth-order valence-corrected chi connectivity index (χ4v) is 4.58. The smallest absolute Gasteiger partial charge is 0.320 e. The molecule has 1 aromatic carbocycles. The van der Waals surface area contributed by atoms with Crippen LogP contribution in [0, 0.1) is 0 Å². The highest BCUT2D eigenvalue weighted by atomic mass is 32.1. The number of nitrogen functional groups attached to an aromatic ring is 1. The normalized spacial score (nSPS) is 19.0. The standard InChI is InChI=1S/C20H18N6O2S/c21-18-14(19-25-15-3-1-2-4-17(15)29-19)5-11(7-23-18)12-8-24-26(10-12)13-6-16(20(27)28)22-9-13/h1-5,7-8,10,13,16,22H,6,9H2,(H2,21,23)(H,27,28)/t13-,16+/m0/s1. The molecule has 0 unspecified atom stereocenters. The molecule has 4 N–H and O–H groups in total. The summed E-state index contributed by atoms with van der Waals surface area (Å²) in [5.41, 5.74) is 9.66. The molecule has 0 radical (unpaired) electrons. The minimum Gasteiger partial charge on any atom is -0.480 e. The van der Waals surface area contributed by atoms with Crippen LogP contribution in [0.25, 0.3) is 31.9 Å². The Hall–Kier alpha value is -3.30. The van der Waals surface area contributed by atoms with Gasteiger partial charge in [0.2, 0.25) is 0 Å². The number of nitrogens with zero attached hydrogens (tertiary/aromatic N) is 4. The number of rotatable bonds is 4. The van der Waals surface area contributed by atoms with Gasteiger partial charge in [0.1, 0.15) is 16.9 Å². The first-order chi connectivity index (χ1) is 14.1. The Morgan fingerprint density at radius 2 is 2.14 bits per heavy atom. The van der Waals surface area contributed by atoms with Crippen molar-refractivity contribution in [2.75, 3.05) is 12.3 Å². The van der Waals surface area contributed by atoms with Gasteiger partial charge in [-0.05, 0) is 24.6 Å². The van der Waals surface area contributed by atoms with Crippen molar-refractivity contribution in [2.45, 2.75) is 18.5 Å². The van der Waals surface area contributed by atoms with Crippen LogP contribution in [0.4, 0.5) is 5.82 Å². The number of aliphatic carboxylic acids is 1. The number of nitrogens with two attached hydrogens (primary N) is 1. The van der Waals surface area contributed by atoms with Gasteiger partial charge in [-0.15, -0.1) is 11.3 Å². The third kappa shape index (κ3) is 3.24. The summed E-state index contributed by atoms with van der Waals surface area (Å²) in [5.74, 6) is -0.396. The Morgan fingerprint density at radius 1 is 1.28 bits per heavy atom. The number of fused-ring (bicyclic) bond motifs is 1. The molecule has 0 spiro atoms. The second-order valence-corrected chi connectivity index (χ2v) is 8.07. The number of pyridine rings is 1. The average Bonchev–Trinajstić information content (AvgIpc) is 3.46. The lowest BCUT2D eigenvalue weighted by atomic mass is 10.1. The molecule has 1 fully saturated rings. The Labute approximate surface area is 170 Å². The van der Waals surface area contributed by atoms with Gasteiger partial charge in [-0.3, -0.25) is 9.48 Å². The number of nitrogens with one attached hydrogen (secondary N) is 1. The summed E-state index contributed by atoms with van der Waals surface area (Å²) in [7, 11) is 0. The van der Waals surface area contributed by atoms with Crippen molar-refractivity contribution in [1.82, 2.24) is 25.1 Å². The number of anilines is 1. The SMILES string of the molecule is Nc1ncc(-c2cnn([C@@H]3CN[C@@H](C(=O)O)C3)c2)cc1-c1nc2ccccc2s1. The Kier molecular flexibility index (Phi) is 4.26. The molecule has 0 saturated carbocycles. The molecule has 29 heavy (non-hydrogen) atoms. The van der Waals surface area contributed by atoms with Crippen LogP contribution in [0.15, 0.2) is 48.9 Å². The molecular formula is C20H18N6O2S. The van der Waals surface area contributed by atoms with E-state index in [4.69, 9.17) is 10.8 Å². The van der Waals surface area contributed by atoms with Crippen LogP contribution in [-0.4, -0.2) is 43.4 Å². The van der Waals surface area contributed by atoms with E-state index < -0.39 is 12.0 Å². The summed E-state index contributed by atoms with van der Waals surface area (Å²) in [4.78, 5) is 20.2. The molecule has 8 nitrogen and oxygen atoms in total. The van der Waals surface area contributed by atoms with Crippen molar-refractivity contribution in [3.63, 3.8) is 0 Å². The number of para-hydroxylation sites is 1. The third-order valence-electron chi connectivity index (χ3n) is 5.16. The van der Waals surface area contributed by atoms with Gasteiger partial charge < -0.3 is 16.2 Å². The van der Waals surface area contributed by atoms with Crippen LogP contribution >= 0.6 is 11.3 Å². The number of hydrogen-bond donors (Lipinski definition) is 3. The molecule has 146 valence electrons. The zero-order chi connectivity index (χ0) is 20.0. The predicted octanol–water partition coefficient (Wildman–Crippen LogP) is 2.79. The lowest BCUT2D eigenvalue weighted by Crippen LogP contribution is -2.29. The van der Waals surface area contributed by atoms with Gasteiger partial charge in [0, 0.05) is 30.1 Å². The van der Waals surface area contributed by atoms with Gasteiger partial charge in [0.05, 0.1) is 28.0 Å². The Balaban J connectivity index is 1.46. The van der Waals surface area contributed by atoms with Gasteiger partial charge >= 0.3 is 5.97 Å². The summed E-state index contributed by atoms with van der Waals surface area (Å²) in [6.45, 7) is 0.578. The van der Waals surface area contributed by atoms with E-state index in [1.165, 1.54) is 0 Å². The van der Waals surface area contributed by atoms with Crippen LogP contribution < -0.4 is 11.1 Å². The monoisotopic (exact) mass is 406 g/mol. The quantitative estimate of drug-likeness (QED) is 0.477. The average molecular weight is 406 g/mol. The molecule has 3 aromatic heterocycles. The van der Waals surface area contributed by atoms with Crippen molar-refractivity contribution in [1.29, 1.82) is 0 Å². The van der Waals surface area contributed by atoms with Crippen molar-refractivity contribution < 1.29 is 9.90 Å². The highest BCUT2D eigenvalue weighted by Gasteiger charge is 2.30. The van der Waals surface area contributed by atoms with Crippen LogP contribution in [0.3, 0.4) is 0 Å². The molecule has 4 heterocycles. The van der Waals surface area contributed by atoms with E-state index in [0.717, 1.165) is 31.9 Å². The lowest BCUT2D eigenvalue weighted by molar-refractivity contribution is -0.139. The highest BCUT2D eigenvalue weighted by molar-refractivity contribution is 7.21. The number of carboxylic acids is 1. The minimum atomic E-state index is -0.830. The first kappa shape index (κ1) is 17.8. The predicted molar refractivity (Wildman–Crippen MR) is 112 cm³/mol. The van der Waals surface area contributed by atoms with Gasteiger partial charge in [0.25, 0.3) is 0 Å². The Bertz CT molecular complexity index is 1180. The molecule has 1 saturated heterocycles. The van der Waals surface area contributed by atoms with Gasteiger partial charge in [-0.1, -0.05) is 12.1 Å². The fraction of sp³-hybridized carbons (Fsp3) is 0.200. The van der Waals surface area contributed by atoms with E-state index in [9.17, 15) is 4.79 Å². The fourth-order valence-electron chi connectivity index (χ4n) is 3.59. The second kappa shape index (κ2) is 6.94. The number of aromatic nitrogens is 4. The third-order valence-corrected chi connectivity index (χ3v) is 6.23. The number of benzene rings is 1. The van der Waals surface area contributed by atoms with Crippen LogP contribution in [0.1, 0.15) is 12.5 Å². The van der Waals surface area contributed by atoms with E-state index in [1.807, 2.05) is 41.2 Å². The van der Waals surface area contributed by atoms with Crippen LogP contribution in [0.2, 0.25) is 0 Å². The summed E-state index contributed by atoms with van der Waals surface area (Å²) >= 11 is 1.58. The largest absolute Gasteiger partial charge is 0.480 e. The van der Waals surface area contributed by atoms with Crippen molar-refractivity contribution in [3.05, 3.63) is 48.9 Å². The van der Waals surface area contributed by atoms with Crippen molar-refractivity contribution in [3.8, 4) is 21.7 Å². The molecule has 0 amide bonds. The first-order valence-electron chi connectivity index (χ1n) is 9.20.